The number of rotatable bonds is 0. The van der Waals surface area contributed by atoms with Gasteiger partial charge in [-0.2, -0.15) is 0 Å². The van der Waals surface area contributed by atoms with Gasteiger partial charge in [0.25, 0.3) is 0 Å². The summed E-state index contributed by atoms with van der Waals surface area (Å²) in [5.74, 6) is 4.27. The molecule has 11 heavy (non-hydrogen) atoms. The molecule has 0 aliphatic heterocycles. The lowest BCUT2D eigenvalue weighted by Crippen LogP contribution is -2.17. The van der Waals surface area contributed by atoms with Crippen LogP contribution in [0.2, 0.25) is 0 Å². The second-order valence-corrected chi connectivity index (χ2v) is 4.78. The lowest BCUT2D eigenvalue weighted by atomic mass is 9.78. The van der Waals surface area contributed by atoms with Crippen LogP contribution in [0.5, 0.6) is 0 Å². The predicted octanol–water partition coefficient (Wildman–Crippen LogP) is 3.47. The second kappa shape index (κ2) is 2.80. The van der Waals surface area contributed by atoms with Crippen LogP contribution in [0.15, 0.2) is 0 Å². The highest BCUT2D eigenvalue weighted by molar-refractivity contribution is 4.88. The van der Waals surface area contributed by atoms with Gasteiger partial charge in [0.1, 0.15) is 0 Å². The van der Waals surface area contributed by atoms with E-state index in [0.717, 1.165) is 23.7 Å². The molecule has 2 saturated carbocycles. The van der Waals surface area contributed by atoms with Crippen molar-refractivity contribution in [1.29, 1.82) is 0 Å². The van der Waals surface area contributed by atoms with Gasteiger partial charge in [-0.05, 0) is 36.5 Å². The summed E-state index contributed by atoms with van der Waals surface area (Å²) in [4.78, 5) is 0. The molecule has 64 valence electrons. The van der Waals surface area contributed by atoms with Gasteiger partial charge >= 0.3 is 0 Å². The SMILES string of the molecule is C[C@@H]1C2CCCC[C@@H]2C[C@@H]1C. The van der Waals surface area contributed by atoms with E-state index in [2.05, 4.69) is 13.8 Å². The fraction of sp³-hybridized carbons (Fsp3) is 1.00. The van der Waals surface area contributed by atoms with Crippen LogP contribution >= 0.6 is 0 Å². The maximum absolute atomic E-state index is 2.47. The molecule has 0 aromatic rings. The zero-order chi connectivity index (χ0) is 7.84. The van der Waals surface area contributed by atoms with Crippen molar-refractivity contribution in [1.82, 2.24) is 0 Å². The van der Waals surface area contributed by atoms with Crippen LogP contribution in [0.1, 0.15) is 46.0 Å². The van der Waals surface area contributed by atoms with Crippen molar-refractivity contribution in [3.8, 4) is 0 Å². The summed E-state index contributed by atoms with van der Waals surface area (Å²) in [5, 5.41) is 0. The van der Waals surface area contributed by atoms with Crippen molar-refractivity contribution in [2.24, 2.45) is 23.7 Å². The summed E-state index contributed by atoms with van der Waals surface area (Å²) in [6, 6.07) is 0. The van der Waals surface area contributed by atoms with E-state index in [1.54, 1.807) is 6.42 Å². The summed E-state index contributed by atoms with van der Waals surface area (Å²) in [6.45, 7) is 4.92. The molecule has 4 atom stereocenters. The second-order valence-electron chi connectivity index (χ2n) is 4.78. The molecule has 0 nitrogen and oxygen atoms in total. The Morgan fingerprint density at radius 2 is 1.73 bits per heavy atom. The third-order valence-corrected chi connectivity index (χ3v) is 4.22. The van der Waals surface area contributed by atoms with Gasteiger partial charge in [-0.3, -0.25) is 0 Å². The van der Waals surface area contributed by atoms with Gasteiger partial charge in [0.05, 0.1) is 0 Å². The first kappa shape index (κ1) is 7.64. The van der Waals surface area contributed by atoms with E-state index in [9.17, 15) is 0 Å². The lowest BCUT2D eigenvalue weighted by molar-refractivity contribution is 0.232. The largest absolute Gasteiger partial charge is 0.0622 e. The van der Waals surface area contributed by atoms with Crippen molar-refractivity contribution >= 4 is 0 Å². The van der Waals surface area contributed by atoms with Gasteiger partial charge in [-0.15, -0.1) is 0 Å². The van der Waals surface area contributed by atoms with Crippen LogP contribution in [0.4, 0.5) is 0 Å². The Hall–Kier alpha value is 0. The normalized spacial score (nSPS) is 50.7. The molecular formula is C11H20. The average molecular weight is 152 g/mol. The third kappa shape index (κ3) is 1.21. The van der Waals surface area contributed by atoms with E-state index < -0.39 is 0 Å². The molecule has 0 radical (unpaired) electrons. The fourth-order valence-electron chi connectivity index (χ4n) is 3.34. The number of hydrogen-bond donors (Lipinski definition) is 0. The van der Waals surface area contributed by atoms with Gasteiger partial charge in [-0.25, -0.2) is 0 Å². The van der Waals surface area contributed by atoms with Crippen molar-refractivity contribution in [2.75, 3.05) is 0 Å². The summed E-state index contributed by atoms with van der Waals surface area (Å²) in [6.07, 6.45) is 7.64. The standard InChI is InChI=1S/C11H20/c1-8-7-10-5-3-4-6-11(10)9(8)2/h8-11H,3-7H2,1-2H3/t8-,9-,10+,11?/m0/s1. The monoisotopic (exact) mass is 152 g/mol. The summed E-state index contributed by atoms with van der Waals surface area (Å²) in [7, 11) is 0. The van der Waals surface area contributed by atoms with E-state index >= 15 is 0 Å². The minimum absolute atomic E-state index is 1.02. The third-order valence-electron chi connectivity index (χ3n) is 4.22. The van der Waals surface area contributed by atoms with Crippen molar-refractivity contribution < 1.29 is 0 Å². The van der Waals surface area contributed by atoms with Crippen LogP contribution in [0.3, 0.4) is 0 Å². The molecule has 0 heterocycles. The Morgan fingerprint density at radius 3 is 2.45 bits per heavy atom. The minimum Gasteiger partial charge on any atom is -0.0622 e. The molecule has 2 aliphatic rings. The van der Waals surface area contributed by atoms with Gasteiger partial charge in [0, 0.05) is 0 Å². The van der Waals surface area contributed by atoms with E-state index in [1.807, 2.05) is 0 Å². The van der Waals surface area contributed by atoms with Crippen LogP contribution in [-0.4, -0.2) is 0 Å². The highest BCUT2D eigenvalue weighted by Crippen LogP contribution is 2.48. The maximum atomic E-state index is 2.47. The molecule has 0 N–H and O–H groups in total. The first-order chi connectivity index (χ1) is 5.29. The molecule has 0 spiro atoms. The predicted molar refractivity (Wildman–Crippen MR) is 48.4 cm³/mol. The van der Waals surface area contributed by atoms with Crippen molar-refractivity contribution in [2.45, 2.75) is 46.0 Å². The summed E-state index contributed by atoms with van der Waals surface area (Å²) in [5.41, 5.74) is 0. The highest BCUT2D eigenvalue weighted by atomic mass is 14.4. The van der Waals surface area contributed by atoms with Gasteiger partial charge in [0.2, 0.25) is 0 Å². The van der Waals surface area contributed by atoms with Crippen LogP contribution in [0, 0.1) is 23.7 Å². The molecule has 0 bridgehead atoms. The van der Waals surface area contributed by atoms with Gasteiger partial charge < -0.3 is 0 Å². The summed E-state index contributed by atoms with van der Waals surface area (Å²) < 4.78 is 0. The molecular weight excluding hydrogens is 132 g/mol. The van der Waals surface area contributed by atoms with E-state index in [0.29, 0.717) is 0 Å². The summed E-state index contributed by atoms with van der Waals surface area (Å²) >= 11 is 0. The number of hydrogen-bond acceptors (Lipinski definition) is 0. The van der Waals surface area contributed by atoms with Crippen molar-refractivity contribution in [3.05, 3.63) is 0 Å². The molecule has 0 aromatic carbocycles. The van der Waals surface area contributed by atoms with E-state index in [4.69, 9.17) is 0 Å². The van der Waals surface area contributed by atoms with Gasteiger partial charge in [0.15, 0.2) is 0 Å². The molecule has 0 aromatic heterocycles. The Labute approximate surface area is 70.4 Å². The Morgan fingerprint density at radius 1 is 1.00 bits per heavy atom. The lowest BCUT2D eigenvalue weighted by Gasteiger charge is -2.27. The van der Waals surface area contributed by atoms with Crippen LogP contribution in [-0.2, 0) is 0 Å². The zero-order valence-electron chi connectivity index (χ0n) is 7.84. The molecule has 2 aliphatic carbocycles. The molecule has 2 rings (SSSR count). The average Bonchev–Trinajstić information content (AvgIpc) is 2.30. The van der Waals surface area contributed by atoms with Crippen LogP contribution < -0.4 is 0 Å². The molecule has 2 fully saturated rings. The zero-order valence-corrected chi connectivity index (χ0v) is 7.84. The highest BCUT2D eigenvalue weighted by Gasteiger charge is 2.38. The maximum Gasteiger partial charge on any atom is -0.0357 e. The van der Waals surface area contributed by atoms with E-state index in [1.165, 1.54) is 25.7 Å². The quantitative estimate of drug-likeness (QED) is 0.498. The molecule has 0 amide bonds. The first-order valence-corrected chi connectivity index (χ1v) is 5.29. The minimum atomic E-state index is 1.02. The van der Waals surface area contributed by atoms with Crippen molar-refractivity contribution in [3.63, 3.8) is 0 Å². The van der Waals surface area contributed by atoms with Gasteiger partial charge in [-0.1, -0.05) is 33.1 Å². The Balaban J connectivity index is 2.05. The van der Waals surface area contributed by atoms with Crippen LogP contribution in [0.25, 0.3) is 0 Å². The molecule has 0 saturated heterocycles. The topological polar surface area (TPSA) is 0 Å². The Kier molecular flexibility index (Phi) is 1.95. The molecule has 0 heteroatoms. The Bertz CT molecular complexity index is 139. The number of fused-ring (bicyclic) bond motifs is 1. The molecule has 1 unspecified atom stereocenters. The fourth-order valence-corrected chi connectivity index (χ4v) is 3.34. The smallest absolute Gasteiger partial charge is 0.0357 e. The first-order valence-electron chi connectivity index (χ1n) is 5.29. The van der Waals surface area contributed by atoms with E-state index in [-0.39, 0.29) is 0 Å².